The van der Waals surface area contributed by atoms with Gasteiger partial charge >= 0.3 is 6.30 Å². The molecule has 0 unspecified atom stereocenters. The van der Waals surface area contributed by atoms with Gasteiger partial charge in [-0.3, -0.25) is 4.90 Å². The fraction of sp³-hybridized carbons (Fsp3) is 0.250. The van der Waals surface area contributed by atoms with Gasteiger partial charge in [-0.05, 0) is 24.3 Å². The van der Waals surface area contributed by atoms with Crippen LogP contribution in [0.2, 0.25) is 0 Å². The van der Waals surface area contributed by atoms with E-state index in [-0.39, 0.29) is 10.6 Å². The molecular weight excluding hydrogens is 247 g/mol. The predicted octanol–water partition coefficient (Wildman–Crippen LogP) is 3.41. The van der Waals surface area contributed by atoms with Crippen molar-refractivity contribution in [1.82, 2.24) is 0 Å². The lowest BCUT2D eigenvalue weighted by Gasteiger charge is -2.21. The molecule has 1 aromatic rings. The molecule has 0 heterocycles. The van der Waals surface area contributed by atoms with Crippen molar-refractivity contribution in [1.29, 1.82) is 0 Å². The van der Waals surface area contributed by atoms with Crippen LogP contribution in [0.25, 0.3) is 0 Å². The number of nitrogens with zero attached hydrogens (tertiary/aromatic N) is 1. The molecule has 1 rings (SSSR count). The van der Waals surface area contributed by atoms with Crippen LogP contribution < -0.4 is 4.90 Å². The van der Waals surface area contributed by atoms with Crippen LogP contribution in [0, 0.1) is 0 Å². The molecule has 0 fully saturated rings. The summed E-state index contributed by atoms with van der Waals surface area (Å²) in [6, 6.07) is 5.93. The minimum atomic E-state index is -4.33. The van der Waals surface area contributed by atoms with Crippen molar-refractivity contribution in [2.75, 3.05) is 11.9 Å². The van der Waals surface area contributed by atoms with Gasteiger partial charge in [-0.15, -0.1) is 0 Å². The summed E-state index contributed by atoms with van der Waals surface area (Å²) in [7, 11) is 0.989. The number of halogens is 4. The Bertz CT molecular complexity index is 280. The van der Waals surface area contributed by atoms with E-state index in [1.807, 2.05) is 0 Å². The molecule has 0 saturated carbocycles. The summed E-state index contributed by atoms with van der Waals surface area (Å²) in [5.41, 5.74) is 0.121. The van der Waals surface area contributed by atoms with Crippen LogP contribution in [-0.4, -0.2) is 13.3 Å². The van der Waals surface area contributed by atoms with Crippen molar-refractivity contribution < 1.29 is 13.2 Å². The Morgan fingerprint density at radius 2 is 1.62 bits per heavy atom. The van der Waals surface area contributed by atoms with Gasteiger partial charge in [-0.1, -0.05) is 15.9 Å². The first-order valence-corrected chi connectivity index (χ1v) is 4.26. The first kappa shape index (κ1) is 10.4. The third-order valence-corrected chi connectivity index (χ3v) is 2.12. The van der Waals surface area contributed by atoms with Crippen molar-refractivity contribution in [3.05, 3.63) is 28.7 Å². The second-order valence-corrected chi connectivity index (χ2v) is 3.42. The SMILES string of the molecule is CN(c1ccc(Br)cc1)C(F)(F)F. The molecule has 0 amide bonds. The molecule has 0 spiro atoms. The van der Waals surface area contributed by atoms with Gasteiger partial charge in [0.2, 0.25) is 0 Å². The standard InChI is InChI=1S/C8H7BrF3N/c1-13(8(10,11)12)7-4-2-6(9)3-5-7/h2-5H,1H3. The molecule has 0 aliphatic heterocycles. The van der Waals surface area contributed by atoms with Gasteiger partial charge in [-0.25, -0.2) is 0 Å². The number of benzene rings is 1. The highest BCUT2D eigenvalue weighted by molar-refractivity contribution is 9.10. The van der Waals surface area contributed by atoms with E-state index < -0.39 is 6.30 Å². The average molecular weight is 254 g/mol. The van der Waals surface area contributed by atoms with Crippen molar-refractivity contribution in [2.24, 2.45) is 0 Å². The molecule has 0 aliphatic rings. The maximum atomic E-state index is 12.1. The topological polar surface area (TPSA) is 3.24 Å². The Labute approximate surface area is 82.3 Å². The van der Waals surface area contributed by atoms with E-state index >= 15 is 0 Å². The summed E-state index contributed by atoms with van der Waals surface area (Å²) in [6.45, 7) is 0. The Hall–Kier alpha value is -0.710. The lowest BCUT2D eigenvalue weighted by atomic mass is 10.3. The Morgan fingerprint density at radius 3 is 2.00 bits per heavy atom. The van der Waals surface area contributed by atoms with E-state index in [2.05, 4.69) is 15.9 Å². The largest absolute Gasteiger partial charge is 0.484 e. The van der Waals surface area contributed by atoms with Gasteiger partial charge in [0, 0.05) is 17.2 Å². The minimum Gasteiger partial charge on any atom is -0.287 e. The normalized spacial score (nSPS) is 11.5. The van der Waals surface area contributed by atoms with Gasteiger partial charge in [0.05, 0.1) is 0 Å². The molecule has 5 heteroatoms. The summed E-state index contributed by atoms with van der Waals surface area (Å²) in [6.07, 6.45) is -4.33. The maximum Gasteiger partial charge on any atom is 0.484 e. The molecule has 0 aromatic heterocycles. The van der Waals surface area contributed by atoms with Crippen LogP contribution in [-0.2, 0) is 0 Å². The van der Waals surface area contributed by atoms with E-state index in [9.17, 15) is 13.2 Å². The van der Waals surface area contributed by atoms with E-state index in [0.29, 0.717) is 0 Å². The summed E-state index contributed by atoms with van der Waals surface area (Å²) >= 11 is 3.15. The highest BCUT2D eigenvalue weighted by atomic mass is 79.9. The summed E-state index contributed by atoms with van der Waals surface area (Å²) in [5.74, 6) is 0. The predicted molar refractivity (Wildman–Crippen MR) is 48.6 cm³/mol. The fourth-order valence-electron chi connectivity index (χ4n) is 0.811. The van der Waals surface area contributed by atoms with E-state index in [1.54, 1.807) is 12.1 Å². The van der Waals surface area contributed by atoms with Gasteiger partial charge < -0.3 is 0 Å². The zero-order valence-corrected chi connectivity index (χ0v) is 8.35. The summed E-state index contributed by atoms with van der Waals surface area (Å²) < 4.78 is 37.2. The molecule has 0 aliphatic carbocycles. The van der Waals surface area contributed by atoms with Crippen molar-refractivity contribution in [3.8, 4) is 0 Å². The van der Waals surface area contributed by atoms with E-state index in [0.717, 1.165) is 11.5 Å². The third kappa shape index (κ3) is 2.62. The van der Waals surface area contributed by atoms with Crippen LogP contribution >= 0.6 is 15.9 Å². The Morgan fingerprint density at radius 1 is 1.15 bits per heavy atom. The first-order chi connectivity index (χ1) is 5.91. The van der Waals surface area contributed by atoms with E-state index in [1.165, 1.54) is 12.1 Å². The quantitative estimate of drug-likeness (QED) is 0.694. The highest BCUT2D eigenvalue weighted by Crippen LogP contribution is 2.27. The second kappa shape index (κ2) is 3.57. The van der Waals surface area contributed by atoms with Crippen LogP contribution in [0.1, 0.15) is 0 Å². The first-order valence-electron chi connectivity index (χ1n) is 3.47. The zero-order chi connectivity index (χ0) is 10.1. The molecular formula is C8H7BrF3N. The smallest absolute Gasteiger partial charge is 0.287 e. The lowest BCUT2D eigenvalue weighted by Crippen LogP contribution is -2.33. The maximum absolute atomic E-state index is 12.1. The molecule has 0 N–H and O–H groups in total. The zero-order valence-electron chi connectivity index (χ0n) is 6.77. The molecule has 0 saturated heterocycles. The molecule has 1 nitrogen and oxygen atoms in total. The highest BCUT2D eigenvalue weighted by Gasteiger charge is 2.34. The number of hydrogen-bond acceptors (Lipinski definition) is 1. The molecule has 13 heavy (non-hydrogen) atoms. The van der Waals surface area contributed by atoms with Gasteiger partial charge in [-0.2, -0.15) is 13.2 Å². The lowest BCUT2D eigenvalue weighted by molar-refractivity contribution is -0.125. The van der Waals surface area contributed by atoms with Crippen molar-refractivity contribution >= 4 is 21.6 Å². The van der Waals surface area contributed by atoms with Crippen molar-refractivity contribution in [2.45, 2.75) is 6.30 Å². The number of anilines is 1. The number of rotatable bonds is 1. The second-order valence-electron chi connectivity index (χ2n) is 2.50. The summed E-state index contributed by atoms with van der Waals surface area (Å²) in [4.78, 5) is 0.263. The molecule has 0 radical (unpaired) electrons. The van der Waals surface area contributed by atoms with Gasteiger partial charge in [0.15, 0.2) is 0 Å². The van der Waals surface area contributed by atoms with E-state index in [4.69, 9.17) is 0 Å². The minimum absolute atomic E-state index is 0.121. The van der Waals surface area contributed by atoms with Crippen molar-refractivity contribution in [3.63, 3.8) is 0 Å². The van der Waals surface area contributed by atoms with Gasteiger partial charge in [0.25, 0.3) is 0 Å². The van der Waals surface area contributed by atoms with Gasteiger partial charge in [0.1, 0.15) is 0 Å². The Balaban J connectivity index is 2.90. The molecule has 0 atom stereocenters. The summed E-state index contributed by atoms with van der Waals surface area (Å²) in [5, 5.41) is 0. The van der Waals surface area contributed by atoms with Crippen LogP contribution in [0.5, 0.6) is 0 Å². The molecule has 0 bridgehead atoms. The van der Waals surface area contributed by atoms with Crippen LogP contribution in [0.15, 0.2) is 28.7 Å². The van der Waals surface area contributed by atoms with Crippen LogP contribution in [0.3, 0.4) is 0 Å². The Kier molecular flexibility index (Phi) is 2.85. The third-order valence-electron chi connectivity index (χ3n) is 1.59. The number of hydrogen-bond donors (Lipinski definition) is 0. The fourth-order valence-corrected chi connectivity index (χ4v) is 1.08. The molecule has 72 valence electrons. The van der Waals surface area contributed by atoms with Crippen LogP contribution in [0.4, 0.5) is 18.9 Å². The average Bonchev–Trinajstić information content (AvgIpc) is 2.03. The monoisotopic (exact) mass is 253 g/mol. The number of alkyl halides is 3. The molecule has 1 aromatic carbocycles.